The van der Waals surface area contributed by atoms with Gasteiger partial charge >= 0.3 is 0 Å². The molecule has 0 spiro atoms. The summed E-state index contributed by atoms with van der Waals surface area (Å²) < 4.78 is 0. The average molecular weight is 243 g/mol. The summed E-state index contributed by atoms with van der Waals surface area (Å²) in [6.07, 6.45) is 2.10. The molecule has 3 N–H and O–H groups in total. The van der Waals surface area contributed by atoms with Crippen LogP contribution in [0.4, 0.5) is 0 Å². The van der Waals surface area contributed by atoms with Crippen molar-refractivity contribution >= 4 is 5.91 Å². The van der Waals surface area contributed by atoms with E-state index in [1.54, 1.807) is 24.3 Å². The maximum Gasteiger partial charge on any atom is 0.269 e. The van der Waals surface area contributed by atoms with Crippen molar-refractivity contribution in [2.24, 2.45) is 0 Å². The van der Waals surface area contributed by atoms with E-state index in [1.165, 1.54) is 0 Å². The van der Waals surface area contributed by atoms with Gasteiger partial charge in [0.25, 0.3) is 5.91 Å². The summed E-state index contributed by atoms with van der Waals surface area (Å²) in [6.45, 7) is 0. The van der Waals surface area contributed by atoms with Gasteiger partial charge in [-0.05, 0) is 31.0 Å². The zero-order chi connectivity index (χ0) is 12.5. The lowest BCUT2D eigenvalue weighted by Crippen LogP contribution is -2.25. The highest BCUT2D eigenvalue weighted by Gasteiger charge is 2.24. The van der Waals surface area contributed by atoms with E-state index in [9.17, 15) is 9.90 Å². The number of carbonyl (C=O) groups excluding carboxylic acids is 1. The lowest BCUT2D eigenvalue weighted by atomic mass is 10.1. The van der Waals surface area contributed by atoms with Crippen molar-refractivity contribution < 1.29 is 9.90 Å². The molecule has 0 radical (unpaired) electrons. The normalized spacial score (nSPS) is 14.4. The van der Waals surface area contributed by atoms with E-state index in [4.69, 9.17) is 0 Å². The van der Waals surface area contributed by atoms with E-state index < -0.39 is 0 Å². The second-order valence-corrected chi connectivity index (χ2v) is 4.43. The smallest absolute Gasteiger partial charge is 0.269 e. The van der Waals surface area contributed by atoms with Gasteiger partial charge in [0.1, 0.15) is 11.4 Å². The highest BCUT2D eigenvalue weighted by atomic mass is 16.3. The summed E-state index contributed by atoms with van der Waals surface area (Å²) in [7, 11) is 0. The molecule has 18 heavy (non-hydrogen) atoms. The first-order chi connectivity index (χ1) is 8.74. The molecule has 0 aliphatic heterocycles. The van der Waals surface area contributed by atoms with Crippen molar-refractivity contribution in [3.63, 3.8) is 0 Å². The quantitative estimate of drug-likeness (QED) is 0.767. The van der Waals surface area contributed by atoms with E-state index in [2.05, 4.69) is 15.5 Å². The van der Waals surface area contributed by atoms with Gasteiger partial charge in [-0.3, -0.25) is 9.89 Å². The number of amides is 1. The third-order valence-electron chi connectivity index (χ3n) is 2.92. The number of aromatic amines is 1. The van der Waals surface area contributed by atoms with E-state index in [1.807, 2.05) is 6.07 Å². The molecule has 1 heterocycles. The Labute approximate surface area is 104 Å². The molecular formula is C13H13N3O2. The van der Waals surface area contributed by atoms with Crippen molar-refractivity contribution in [2.75, 3.05) is 0 Å². The number of aromatic hydroxyl groups is 1. The highest BCUT2D eigenvalue weighted by molar-refractivity contribution is 5.93. The molecule has 1 fully saturated rings. The van der Waals surface area contributed by atoms with E-state index >= 15 is 0 Å². The summed E-state index contributed by atoms with van der Waals surface area (Å²) in [5.41, 5.74) is 1.59. The van der Waals surface area contributed by atoms with Crippen LogP contribution in [0.1, 0.15) is 23.3 Å². The number of phenols is 1. The van der Waals surface area contributed by atoms with Gasteiger partial charge in [0, 0.05) is 11.6 Å². The SMILES string of the molecule is O=C(NC1CC1)c1cc(-c2ccccc2O)n[nH]1. The van der Waals surface area contributed by atoms with Crippen LogP contribution in [0.5, 0.6) is 5.75 Å². The third-order valence-corrected chi connectivity index (χ3v) is 2.92. The Bertz CT molecular complexity index is 587. The van der Waals surface area contributed by atoms with Gasteiger partial charge < -0.3 is 10.4 Å². The Balaban J connectivity index is 1.84. The minimum atomic E-state index is -0.147. The molecule has 1 amide bonds. The Kier molecular flexibility index (Phi) is 2.51. The summed E-state index contributed by atoms with van der Waals surface area (Å²) in [5, 5.41) is 19.3. The first kappa shape index (κ1) is 10.8. The minimum Gasteiger partial charge on any atom is -0.507 e. The van der Waals surface area contributed by atoms with Crippen molar-refractivity contribution in [3.8, 4) is 17.0 Å². The second-order valence-electron chi connectivity index (χ2n) is 4.43. The molecule has 5 nitrogen and oxygen atoms in total. The maximum absolute atomic E-state index is 11.8. The van der Waals surface area contributed by atoms with Gasteiger partial charge in [-0.25, -0.2) is 0 Å². The van der Waals surface area contributed by atoms with Gasteiger partial charge in [-0.15, -0.1) is 0 Å². The van der Waals surface area contributed by atoms with Gasteiger partial charge in [0.05, 0.1) is 5.69 Å². The molecule has 3 rings (SSSR count). The molecule has 2 aromatic rings. The summed E-state index contributed by atoms with van der Waals surface area (Å²) >= 11 is 0. The number of H-pyrrole nitrogens is 1. The van der Waals surface area contributed by atoms with Crippen molar-refractivity contribution in [3.05, 3.63) is 36.0 Å². The fraction of sp³-hybridized carbons (Fsp3) is 0.231. The van der Waals surface area contributed by atoms with E-state index in [0.29, 0.717) is 23.0 Å². The van der Waals surface area contributed by atoms with Crippen LogP contribution in [-0.4, -0.2) is 27.3 Å². The lowest BCUT2D eigenvalue weighted by Gasteiger charge is -1.99. The van der Waals surface area contributed by atoms with E-state index in [-0.39, 0.29) is 11.7 Å². The molecule has 0 saturated heterocycles. The van der Waals surface area contributed by atoms with Crippen LogP contribution in [0.2, 0.25) is 0 Å². The van der Waals surface area contributed by atoms with Gasteiger partial charge in [0.2, 0.25) is 0 Å². The number of para-hydroxylation sites is 1. The molecule has 1 aliphatic carbocycles. The van der Waals surface area contributed by atoms with Crippen LogP contribution in [0.25, 0.3) is 11.3 Å². The maximum atomic E-state index is 11.8. The van der Waals surface area contributed by atoms with Gasteiger partial charge in [-0.1, -0.05) is 12.1 Å². The Morgan fingerprint density at radius 1 is 1.39 bits per heavy atom. The number of hydrogen-bond donors (Lipinski definition) is 3. The number of aromatic nitrogens is 2. The molecule has 1 aliphatic rings. The van der Waals surface area contributed by atoms with Gasteiger partial charge in [0.15, 0.2) is 0 Å². The Morgan fingerprint density at radius 2 is 2.17 bits per heavy atom. The predicted molar refractivity (Wildman–Crippen MR) is 66.2 cm³/mol. The third kappa shape index (κ3) is 2.07. The largest absolute Gasteiger partial charge is 0.507 e. The van der Waals surface area contributed by atoms with Crippen LogP contribution < -0.4 is 5.32 Å². The molecule has 0 atom stereocenters. The van der Waals surface area contributed by atoms with Crippen LogP contribution in [0.3, 0.4) is 0 Å². The number of carbonyl (C=O) groups is 1. The molecule has 0 unspecified atom stereocenters. The number of nitrogens with one attached hydrogen (secondary N) is 2. The molecule has 92 valence electrons. The number of nitrogens with zero attached hydrogens (tertiary/aromatic N) is 1. The summed E-state index contributed by atoms with van der Waals surface area (Å²) in [4.78, 5) is 11.8. The van der Waals surface area contributed by atoms with E-state index in [0.717, 1.165) is 12.8 Å². The minimum absolute atomic E-state index is 0.147. The molecule has 1 aromatic heterocycles. The van der Waals surface area contributed by atoms with Crippen LogP contribution in [0.15, 0.2) is 30.3 Å². The fourth-order valence-electron chi connectivity index (χ4n) is 1.76. The van der Waals surface area contributed by atoms with Crippen molar-refractivity contribution in [1.82, 2.24) is 15.5 Å². The van der Waals surface area contributed by atoms with Crippen LogP contribution >= 0.6 is 0 Å². The van der Waals surface area contributed by atoms with Crippen molar-refractivity contribution in [1.29, 1.82) is 0 Å². The molecule has 1 saturated carbocycles. The lowest BCUT2D eigenvalue weighted by molar-refractivity contribution is 0.0946. The first-order valence-electron chi connectivity index (χ1n) is 5.88. The predicted octanol–water partition coefficient (Wildman–Crippen LogP) is 1.67. The number of hydrogen-bond acceptors (Lipinski definition) is 3. The summed E-state index contributed by atoms with van der Waals surface area (Å²) in [6, 6.07) is 8.86. The van der Waals surface area contributed by atoms with Gasteiger partial charge in [-0.2, -0.15) is 5.10 Å². The molecule has 0 bridgehead atoms. The first-order valence-corrected chi connectivity index (χ1v) is 5.88. The second kappa shape index (κ2) is 4.18. The van der Waals surface area contributed by atoms with Crippen molar-refractivity contribution in [2.45, 2.75) is 18.9 Å². The zero-order valence-corrected chi connectivity index (χ0v) is 9.68. The van der Waals surface area contributed by atoms with Crippen LogP contribution in [0, 0.1) is 0 Å². The molecule has 1 aromatic carbocycles. The Morgan fingerprint density at radius 3 is 2.89 bits per heavy atom. The topological polar surface area (TPSA) is 78.0 Å². The number of phenolic OH excluding ortho intramolecular Hbond substituents is 1. The number of benzene rings is 1. The fourth-order valence-corrected chi connectivity index (χ4v) is 1.76. The summed E-state index contributed by atoms with van der Waals surface area (Å²) in [5.74, 6) is 0.00446. The molecule has 5 heteroatoms. The molecular weight excluding hydrogens is 230 g/mol. The van der Waals surface area contributed by atoms with Crippen LogP contribution in [-0.2, 0) is 0 Å². The number of rotatable bonds is 3. The highest BCUT2D eigenvalue weighted by Crippen LogP contribution is 2.27. The Hall–Kier alpha value is -2.30. The zero-order valence-electron chi connectivity index (χ0n) is 9.68. The average Bonchev–Trinajstić information content (AvgIpc) is 3.04. The monoisotopic (exact) mass is 243 g/mol. The standard InChI is InChI=1S/C13H13N3O2/c17-12-4-2-1-3-9(12)10-7-11(16-15-10)13(18)14-8-5-6-8/h1-4,7-8,17H,5-6H2,(H,14,18)(H,15,16).